The molecule has 1 aliphatic rings. The third-order valence-electron chi connectivity index (χ3n) is 3.34. The molecule has 2 rings (SSSR count). The van der Waals surface area contributed by atoms with Crippen molar-refractivity contribution in [2.75, 3.05) is 26.7 Å². The summed E-state index contributed by atoms with van der Waals surface area (Å²) >= 11 is 1.71. The molecule has 0 radical (unpaired) electrons. The summed E-state index contributed by atoms with van der Waals surface area (Å²) in [4.78, 5) is 16.7. The molecular weight excluding hydrogens is 232 g/mol. The molecule has 94 valence electrons. The molecule has 4 heteroatoms. The van der Waals surface area contributed by atoms with Crippen LogP contribution in [0.25, 0.3) is 0 Å². The van der Waals surface area contributed by atoms with Crippen LogP contribution < -0.4 is 5.32 Å². The second kappa shape index (κ2) is 5.19. The van der Waals surface area contributed by atoms with Crippen LogP contribution in [0.15, 0.2) is 6.07 Å². The van der Waals surface area contributed by atoms with Crippen LogP contribution in [0.4, 0.5) is 0 Å². The van der Waals surface area contributed by atoms with Crippen molar-refractivity contribution in [1.29, 1.82) is 0 Å². The van der Waals surface area contributed by atoms with Gasteiger partial charge in [-0.25, -0.2) is 0 Å². The molecule has 0 unspecified atom stereocenters. The van der Waals surface area contributed by atoms with Gasteiger partial charge in [-0.05, 0) is 45.8 Å². The van der Waals surface area contributed by atoms with Gasteiger partial charge in [-0.3, -0.25) is 4.79 Å². The van der Waals surface area contributed by atoms with E-state index in [4.69, 9.17) is 0 Å². The second-order valence-electron chi connectivity index (χ2n) is 4.79. The molecule has 3 nitrogen and oxygen atoms in total. The number of hydrogen-bond donors (Lipinski definition) is 1. The maximum atomic E-state index is 12.3. The molecule has 0 spiro atoms. The first-order chi connectivity index (χ1) is 8.11. The Morgan fingerprint density at radius 2 is 2.35 bits per heavy atom. The Morgan fingerprint density at radius 1 is 1.59 bits per heavy atom. The highest BCUT2D eigenvalue weighted by molar-refractivity contribution is 7.12. The average molecular weight is 252 g/mol. The molecule has 0 bridgehead atoms. The van der Waals surface area contributed by atoms with Crippen LogP contribution in [-0.4, -0.2) is 37.5 Å². The Morgan fingerprint density at radius 3 is 2.94 bits per heavy atom. The van der Waals surface area contributed by atoms with E-state index in [0.29, 0.717) is 5.92 Å². The molecule has 1 aromatic heterocycles. The van der Waals surface area contributed by atoms with Crippen molar-refractivity contribution in [2.45, 2.75) is 20.3 Å². The van der Waals surface area contributed by atoms with Crippen molar-refractivity contribution in [3.63, 3.8) is 0 Å². The molecule has 1 amide bonds. The summed E-state index contributed by atoms with van der Waals surface area (Å²) in [6.07, 6.45) is 1.12. The van der Waals surface area contributed by atoms with E-state index >= 15 is 0 Å². The van der Waals surface area contributed by atoms with E-state index in [-0.39, 0.29) is 5.91 Å². The Bertz CT molecular complexity index is 414. The highest BCUT2D eigenvalue weighted by Crippen LogP contribution is 2.24. The van der Waals surface area contributed by atoms with Gasteiger partial charge in [-0.15, -0.1) is 11.3 Å². The normalized spacial score (nSPS) is 19.9. The first-order valence-electron chi connectivity index (χ1n) is 6.12. The van der Waals surface area contributed by atoms with Crippen LogP contribution in [0.2, 0.25) is 0 Å². The number of aryl methyl sites for hydroxylation is 2. The predicted octanol–water partition coefficient (Wildman–Crippen LogP) is 2.05. The molecule has 0 aromatic carbocycles. The Balaban J connectivity index is 2.04. The van der Waals surface area contributed by atoms with E-state index in [1.165, 1.54) is 4.88 Å². The van der Waals surface area contributed by atoms with Gasteiger partial charge in [0.15, 0.2) is 0 Å². The quantitative estimate of drug-likeness (QED) is 0.893. The smallest absolute Gasteiger partial charge is 0.254 e. The maximum absolute atomic E-state index is 12.3. The lowest BCUT2D eigenvalue weighted by Gasteiger charge is -2.16. The van der Waals surface area contributed by atoms with Crippen LogP contribution in [0.5, 0.6) is 0 Å². The van der Waals surface area contributed by atoms with Gasteiger partial charge in [0, 0.05) is 22.8 Å². The van der Waals surface area contributed by atoms with E-state index < -0.39 is 0 Å². The minimum atomic E-state index is 0.213. The lowest BCUT2D eigenvalue weighted by atomic mass is 10.1. The minimum Gasteiger partial charge on any atom is -0.338 e. The fourth-order valence-corrected chi connectivity index (χ4v) is 3.40. The summed E-state index contributed by atoms with van der Waals surface area (Å²) in [5, 5.41) is 3.19. The average Bonchev–Trinajstić information content (AvgIpc) is 2.85. The monoisotopic (exact) mass is 252 g/mol. The summed E-state index contributed by atoms with van der Waals surface area (Å²) < 4.78 is 0. The fourth-order valence-electron chi connectivity index (χ4n) is 2.49. The first kappa shape index (κ1) is 12.6. The van der Waals surface area contributed by atoms with Crippen molar-refractivity contribution < 1.29 is 4.79 Å². The first-order valence-corrected chi connectivity index (χ1v) is 6.94. The van der Waals surface area contributed by atoms with Gasteiger partial charge in [0.05, 0.1) is 5.56 Å². The van der Waals surface area contributed by atoms with Gasteiger partial charge in [0.2, 0.25) is 0 Å². The number of likely N-dealkylation sites (tertiary alicyclic amines) is 1. The zero-order chi connectivity index (χ0) is 12.4. The molecule has 0 aliphatic carbocycles. The lowest BCUT2D eigenvalue weighted by Crippen LogP contribution is -2.30. The predicted molar refractivity (Wildman–Crippen MR) is 71.7 cm³/mol. The van der Waals surface area contributed by atoms with Gasteiger partial charge < -0.3 is 10.2 Å². The highest BCUT2D eigenvalue weighted by Gasteiger charge is 2.27. The molecule has 1 fully saturated rings. The molecule has 1 saturated heterocycles. The van der Waals surface area contributed by atoms with Crippen molar-refractivity contribution in [3.05, 3.63) is 21.4 Å². The van der Waals surface area contributed by atoms with Crippen molar-refractivity contribution in [1.82, 2.24) is 10.2 Å². The number of thiophene rings is 1. The topological polar surface area (TPSA) is 32.3 Å². The van der Waals surface area contributed by atoms with E-state index in [1.807, 2.05) is 24.9 Å². The summed E-state index contributed by atoms with van der Waals surface area (Å²) in [7, 11) is 1.97. The molecule has 1 N–H and O–H groups in total. The van der Waals surface area contributed by atoms with E-state index in [9.17, 15) is 4.79 Å². The standard InChI is InChI=1S/C13H20N2OS/c1-9-6-12(10(2)17-9)13(16)15-5-4-11(8-15)7-14-3/h6,11,14H,4-5,7-8H2,1-3H3/t11-/m1/s1. The van der Waals surface area contributed by atoms with Gasteiger partial charge in [-0.1, -0.05) is 0 Å². The summed E-state index contributed by atoms with van der Waals surface area (Å²) in [5.41, 5.74) is 0.901. The number of nitrogens with zero attached hydrogens (tertiary/aromatic N) is 1. The van der Waals surface area contributed by atoms with Crippen molar-refractivity contribution in [3.8, 4) is 0 Å². The third-order valence-corrected chi connectivity index (χ3v) is 4.30. The van der Waals surface area contributed by atoms with Crippen molar-refractivity contribution in [2.24, 2.45) is 5.92 Å². The lowest BCUT2D eigenvalue weighted by molar-refractivity contribution is 0.0787. The number of carbonyl (C=O) groups is 1. The summed E-state index contributed by atoms with van der Waals surface area (Å²) in [6, 6.07) is 2.02. The molecule has 1 atom stereocenters. The molecular formula is C13H20N2OS. The minimum absolute atomic E-state index is 0.213. The van der Waals surface area contributed by atoms with Gasteiger partial charge in [0.25, 0.3) is 5.91 Å². The number of hydrogen-bond acceptors (Lipinski definition) is 3. The summed E-state index contributed by atoms with van der Waals surface area (Å²) in [5.74, 6) is 0.828. The van der Waals surface area contributed by atoms with E-state index in [1.54, 1.807) is 11.3 Å². The Labute approximate surface area is 107 Å². The van der Waals surface area contributed by atoms with E-state index in [0.717, 1.165) is 36.5 Å². The van der Waals surface area contributed by atoms with Crippen LogP contribution in [0, 0.1) is 19.8 Å². The van der Waals surface area contributed by atoms with Gasteiger partial charge in [-0.2, -0.15) is 0 Å². The fraction of sp³-hybridized carbons (Fsp3) is 0.615. The van der Waals surface area contributed by atoms with Crippen LogP contribution in [0.1, 0.15) is 26.5 Å². The maximum Gasteiger partial charge on any atom is 0.254 e. The van der Waals surface area contributed by atoms with Gasteiger partial charge in [0.1, 0.15) is 0 Å². The molecule has 17 heavy (non-hydrogen) atoms. The Kier molecular flexibility index (Phi) is 3.84. The van der Waals surface area contributed by atoms with Crippen LogP contribution in [0.3, 0.4) is 0 Å². The third kappa shape index (κ3) is 2.69. The van der Waals surface area contributed by atoms with Gasteiger partial charge >= 0.3 is 0 Å². The molecule has 1 aliphatic heterocycles. The largest absolute Gasteiger partial charge is 0.338 e. The zero-order valence-electron chi connectivity index (χ0n) is 10.7. The van der Waals surface area contributed by atoms with E-state index in [2.05, 4.69) is 12.2 Å². The zero-order valence-corrected chi connectivity index (χ0v) is 11.6. The SMILES string of the molecule is CNC[C@H]1CCN(C(=O)c2cc(C)sc2C)C1. The van der Waals surface area contributed by atoms with Crippen LogP contribution >= 0.6 is 11.3 Å². The molecule has 2 heterocycles. The second-order valence-corrected chi connectivity index (χ2v) is 6.25. The molecule has 0 saturated carbocycles. The van der Waals surface area contributed by atoms with Crippen LogP contribution in [-0.2, 0) is 0 Å². The highest BCUT2D eigenvalue weighted by atomic mass is 32.1. The number of amides is 1. The molecule has 1 aromatic rings. The Hall–Kier alpha value is -0.870. The summed E-state index contributed by atoms with van der Waals surface area (Å²) in [6.45, 7) is 6.90. The number of rotatable bonds is 3. The number of carbonyl (C=O) groups excluding carboxylic acids is 1. The number of nitrogens with one attached hydrogen (secondary N) is 1. The van der Waals surface area contributed by atoms with Crippen molar-refractivity contribution >= 4 is 17.2 Å².